The van der Waals surface area contributed by atoms with Gasteiger partial charge in [0, 0.05) is 21.7 Å². The molecule has 68 valence electrons. The Hall–Kier alpha value is 0.694. The van der Waals surface area contributed by atoms with E-state index in [1.54, 1.807) is 0 Å². The second kappa shape index (κ2) is 6.24. The van der Waals surface area contributed by atoms with Crippen molar-refractivity contribution in [3.8, 4) is 0 Å². The zero-order chi connectivity index (χ0) is 9.00. The zero-order valence-electron chi connectivity index (χ0n) is 4.82. The molecule has 0 rings (SSSR count). The normalized spacial score (nSPS) is 10.6. The summed E-state index contributed by atoms with van der Waals surface area (Å²) in [5.41, 5.74) is 0. The predicted molar refractivity (Wildman–Crippen MR) is 28.4 cm³/mol. The molecule has 0 atom stereocenters. The van der Waals surface area contributed by atoms with E-state index in [9.17, 15) is 0 Å². The van der Waals surface area contributed by atoms with Crippen molar-refractivity contribution in [1.29, 1.82) is 0 Å². The predicted octanol–water partition coefficient (Wildman–Crippen LogP) is -1.58. The average Bonchev–Trinajstić information content (AvgIpc) is 1.12. The van der Waals surface area contributed by atoms with Crippen molar-refractivity contribution >= 4 is 18.2 Å². The minimum atomic E-state index is -4.67. The second-order valence-electron chi connectivity index (χ2n) is 0.961. The van der Waals surface area contributed by atoms with E-state index in [0.717, 1.165) is 0 Å². The fourth-order valence-electron chi connectivity index (χ4n) is 0. The molecule has 0 aliphatic carbocycles. The summed E-state index contributed by atoms with van der Waals surface area (Å²) in [6, 6.07) is 0. The summed E-state index contributed by atoms with van der Waals surface area (Å²) >= 11 is 0. The van der Waals surface area contributed by atoms with Crippen LogP contribution >= 0.6 is 7.82 Å². The molecule has 11 heavy (non-hydrogen) atoms. The van der Waals surface area contributed by atoms with Crippen LogP contribution in [0.3, 0.4) is 0 Å². The largest absolute Gasteiger partial charge is 0.466 e. The second-order valence-corrected chi connectivity index (χ2v) is 2.88. The maximum atomic E-state index is 8.88. The van der Waals surface area contributed by atoms with Gasteiger partial charge in [0.1, 0.15) is 0 Å². The maximum absolute atomic E-state index is 8.88. The molecule has 0 aromatic rings. The summed E-state index contributed by atoms with van der Waals surface area (Å²) in [7, 11) is -9.31. The fraction of sp³-hybridized carbons (Fsp3) is 0. The van der Waals surface area contributed by atoms with Crippen LogP contribution in [-0.4, -0.2) is 32.2 Å². The Kier molecular flexibility index (Phi) is 10.0. The van der Waals surface area contributed by atoms with Crippen LogP contribution in [0.15, 0.2) is 0 Å². The molecule has 0 spiro atoms. The molecule has 0 saturated heterocycles. The van der Waals surface area contributed by atoms with Crippen LogP contribution in [0.5, 0.6) is 0 Å². The van der Waals surface area contributed by atoms with E-state index >= 15 is 0 Å². The van der Waals surface area contributed by atoms with Crippen molar-refractivity contribution in [2.75, 3.05) is 0 Å². The van der Waals surface area contributed by atoms with Gasteiger partial charge in [-0.25, -0.2) is 4.57 Å². The van der Waals surface area contributed by atoms with Gasteiger partial charge in [0.25, 0.3) is 0 Å². The van der Waals surface area contributed by atoms with Crippen molar-refractivity contribution in [3.63, 3.8) is 0 Å². The van der Waals surface area contributed by atoms with Gasteiger partial charge in [-0.2, -0.15) is 8.42 Å². The summed E-state index contributed by atoms with van der Waals surface area (Å²) in [6.45, 7) is 0. The zero-order valence-corrected chi connectivity index (χ0v) is 8.09. The Morgan fingerprint density at radius 3 is 1.00 bits per heavy atom. The first-order valence-electron chi connectivity index (χ1n) is 1.48. The Morgan fingerprint density at radius 2 is 1.00 bits per heavy atom. The van der Waals surface area contributed by atoms with Crippen molar-refractivity contribution in [2.24, 2.45) is 0 Å². The van der Waals surface area contributed by atoms with E-state index in [1.165, 1.54) is 0 Å². The summed E-state index contributed by atoms with van der Waals surface area (Å²) < 4.78 is 40.5. The van der Waals surface area contributed by atoms with E-state index in [-0.39, 0.29) is 21.7 Å². The van der Waals surface area contributed by atoms with Crippen molar-refractivity contribution < 1.29 is 58.5 Å². The number of hydrogen-bond acceptors (Lipinski definition) is 3. The van der Waals surface area contributed by atoms with Gasteiger partial charge in [-0.05, 0) is 0 Å². The van der Waals surface area contributed by atoms with E-state index in [2.05, 4.69) is 0 Å². The molecule has 0 fully saturated rings. The summed E-state index contributed by atoms with van der Waals surface area (Å²) in [6.07, 6.45) is 0. The van der Waals surface area contributed by atoms with Gasteiger partial charge < -0.3 is 14.7 Å². The Labute approximate surface area is 77.0 Å². The van der Waals surface area contributed by atoms with Gasteiger partial charge in [-0.15, -0.1) is 0 Å². The van der Waals surface area contributed by atoms with Crippen LogP contribution in [0.4, 0.5) is 0 Å². The Bertz CT molecular complexity index is 192. The summed E-state index contributed by atoms with van der Waals surface area (Å²) in [5, 5.41) is 0. The topological polar surface area (TPSA) is 152 Å². The SMILES string of the molecule is O=P(O)(O)O.O=S(=O)(O)O.[Ti]. The first-order chi connectivity index (χ1) is 4.00. The molecule has 0 aromatic heterocycles. The molecule has 0 radical (unpaired) electrons. The van der Waals surface area contributed by atoms with Crippen LogP contribution < -0.4 is 0 Å². The van der Waals surface area contributed by atoms with Crippen molar-refractivity contribution in [3.05, 3.63) is 0 Å². The molecule has 8 nitrogen and oxygen atoms in total. The molecule has 0 heterocycles. The first kappa shape index (κ1) is 17.7. The molecule has 0 aliphatic rings. The third-order valence-corrected chi connectivity index (χ3v) is 0. The smallest absolute Gasteiger partial charge is 0.303 e. The van der Waals surface area contributed by atoms with Crippen LogP contribution in [-0.2, 0) is 36.7 Å². The molecule has 0 bridgehead atoms. The maximum Gasteiger partial charge on any atom is 0.466 e. The van der Waals surface area contributed by atoms with Gasteiger partial charge >= 0.3 is 18.2 Å². The van der Waals surface area contributed by atoms with E-state index in [1.807, 2.05) is 0 Å². The van der Waals surface area contributed by atoms with Crippen LogP contribution in [0.1, 0.15) is 0 Å². The quantitative estimate of drug-likeness (QED) is 0.194. The van der Waals surface area contributed by atoms with E-state index in [0.29, 0.717) is 0 Å². The Balaban J connectivity index is -0.000000107. The number of phosphoric acid groups is 1. The molecule has 0 aromatic carbocycles. The third-order valence-electron chi connectivity index (χ3n) is 0. The number of rotatable bonds is 0. The molecular formula is H5O8PSTi. The average molecular weight is 244 g/mol. The monoisotopic (exact) mass is 244 g/mol. The van der Waals surface area contributed by atoms with Gasteiger partial charge in [-0.1, -0.05) is 0 Å². The van der Waals surface area contributed by atoms with Crippen LogP contribution in [0.25, 0.3) is 0 Å². The molecule has 0 amide bonds. The molecular weight excluding hydrogens is 239 g/mol. The van der Waals surface area contributed by atoms with Gasteiger partial charge in [0.05, 0.1) is 0 Å². The molecule has 0 unspecified atom stereocenters. The molecule has 5 N–H and O–H groups in total. The summed E-state index contributed by atoms with van der Waals surface area (Å²) in [4.78, 5) is 21.6. The molecule has 0 saturated carbocycles. The fourth-order valence-corrected chi connectivity index (χ4v) is 0. The van der Waals surface area contributed by atoms with Gasteiger partial charge in [0.2, 0.25) is 0 Å². The third kappa shape index (κ3) is 1680. The minimum absolute atomic E-state index is 0. The molecule has 11 heteroatoms. The first-order valence-corrected chi connectivity index (χ1v) is 4.44. The Morgan fingerprint density at radius 1 is 1.00 bits per heavy atom. The van der Waals surface area contributed by atoms with Crippen molar-refractivity contribution in [1.82, 2.24) is 0 Å². The van der Waals surface area contributed by atoms with Crippen LogP contribution in [0, 0.1) is 0 Å². The minimum Gasteiger partial charge on any atom is -0.303 e. The van der Waals surface area contributed by atoms with Gasteiger partial charge in [-0.3, -0.25) is 9.11 Å². The van der Waals surface area contributed by atoms with Gasteiger partial charge in [0.15, 0.2) is 0 Å². The number of hydrogen-bond donors (Lipinski definition) is 5. The van der Waals surface area contributed by atoms with Crippen molar-refractivity contribution in [2.45, 2.75) is 0 Å². The summed E-state index contributed by atoms with van der Waals surface area (Å²) in [5.74, 6) is 0. The molecule has 0 aliphatic heterocycles. The van der Waals surface area contributed by atoms with E-state index in [4.69, 9.17) is 36.8 Å². The standard InChI is InChI=1S/H3O4P.H2O4S.Ti/c2*1-5(2,3)4;/h(H3,1,2,3,4);(H2,1,2,3,4);. The van der Waals surface area contributed by atoms with E-state index < -0.39 is 18.2 Å². The van der Waals surface area contributed by atoms with Crippen LogP contribution in [0.2, 0.25) is 0 Å².